The normalized spacial score (nSPS) is 16.6. The second kappa shape index (κ2) is 9.37. The van der Waals surface area contributed by atoms with Crippen LogP contribution in [0.5, 0.6) is 0 Å². The highest BCUT2D eigenvalue weighted by molar-refractivity contribution is 7.13. The third-order valence-electron chi connectivity index (χ3n) is 5.02. The molecule has 28 heavy (non-hydrogen) atoms. The number of halogens is 1. The van der Waals surface area contributed by atoms with Crippen LogP contribution in [0.3, 0.4) is 0 Å². The van der Waals surface area contributed by atoms with Crippen LogP contribution in [-0.2, 0) is 0 Å². The van der Waals surface area contributed by atoms with Gasteiger partial charge in [-0.2, -0.15) is 5.10 Å². The van der Waals surface area contributed by atoms with E-state index in [1.165, 1.54) is 6.42 Å². The molecule has 0 radical (unpaired) electrons. The summed E-state index contributed by atoms with van der Waals surface area (Å²) in [7, 11) is 1.97. The molecule has 4 rings (SSSR count). The van der Waals surface area contributed by atoms with Crippen molar-refractivity contribution < 1.29 is 4.79 Å². The molecule has 0 spiro atoms. The maximum absolute atomic E-state index is 13.4. The molecule has 1 aliphatic heterocycles. The average molecular weight is 417 g/mol. The van der Waals surface area contributed by atoms with Crippen molar-refractivity contribution in [2.75, 3.05) is 26.7 Å². The van der Waals surface area contributed by atoms with Crippen LogP contribution < -0.4 is 5.32 Å². The Labute approximate surface area is 175 Å². The highest BCUT2D eigenvalue weighted by Gasteiger charge is 2.28. The van der Waals surface area contributed by atoms with Crippen LogP contribution >= 0.6 is 23.7 Å². The minimum absolute atomic E-state index is 0. The van der Waals surface area contributed by atoms with Gasteiger partial charge >= 0.3 is 0 Å². The molecule has 1 N–H and O–H groups in total. The van der Waals surface area contributed by atoms with Crippen LogP contribution in [-0.4, -0.2) is 47.3 Å². The first-order valence-corrected chi connectivity index (χ1v) is 10.3. The molecule has 1 atom stereocenters. The van der Waals surface area contributed by atoms with Gasteiger partial charge < -0.3 is 10.2 Å². The zero-order valence-electron chi connectivity index (χ0n) is 15.9. The highest BCUT2D eigenvalue weighted by atomic mass is 35.5. The largest absolute Gasteiger partial charge is 0.338 e. The standard InChI is InChI=1S/C21H24N4OS.ClH/c1-22-13-16-7-5-11-24(14-16)21(26)18-15-25(17-8-3-2-4-9-17)23-20(18)19-10-6-12-27-19;/h2-4,6,8-10,12,15-16,22H,5,7,11,13-14H2,1H3;1H. The summed E-state index contributed by atoms with van der Waals surface area (Å²) in [5, 5.41) is 10.0. The van der Waals surface area contributed by atoms with E-state index in [1.54, 1.807) is 11.3 Å². The minimum Gasteiger partial charge on any atom is -0.338 e. The number of likely N-dealkylation sites (tertiary alicyclic amines) is 1. The number of amides is 1. The third-order valence-corrected chi connectivity index (χ3v) is 5.90. The van der Waals surface area contributed by atoms with E-state index in [4.69, 9.17) is 5.10 Å². The van der Waals surface area contributed by atoms with E-state index in [1.807, 2.05) is 70.7 Å². The molecule has 0 aliphatic carbocycles. The number of hydrogen-bond donors (Lipinski definition) is 1. The first-order valence-electron chi connectivity index (χ1n) is 9.39. The molecule has 1 aliphatic rings. The predicted octanol–water partition coefficient (Wildman–Crippen LogP) is 4.09. The van der Waals surface area contributed by atoms with Gasteiger partial charge in [-0.1, -0.05) is 24.3 Å². The summed E-state index contributed by atoms with van der Waals surface area (Å²) in [6.07, 6.45) is 4.11. The first kappa shape index (κ1) is 20.6. The maximum Gasteiger partial charge on any atom is 0.257 e. The van der Waals surface area contributed by atoms with Crippen LogP contribution in [0.25, 0.3) is 16.3 Å². The van der Waals surface area contributed by atoms with Crippen molar-refractivity contribution in [1.29, 1.82) is 0 Å². The van der Waals surface area contributed by atoms with E-state index in [2.05, 4.69) is 5.32 Å². The van der Waals surface area contributed by atoms with Gasteiger partial charge in [0.2, 0.25) is 0 Å². The van der Waals surface area contributed by atoms with E-state index in [0.29, 0.717) is 11.5 Å². The Hall–Kier alpha value is -2.15. The monoisotopic (exact) mass is 416 g/mol. The van der Waals surface area contributed by atoms with Gasteiger partial charge in [0.25, 0.3) is 5.91 Å². The smallest absolute Gasteiger partial charge is 0.257 e. The summed E-state index contributed by atoms with van der Waals surface area (Å²) in [6.45, 7) is 2.57. The minimum atomic E-state index is 0. The Morgan fingerprint density at radius 1 is 1.25 bits per heavy atom. The number of thiophene rings is 1. The van der Waals surface area contributed by atoms with E-state index < -0.39 is 0 Å². The van der Waals surface area contributed by atoms with Gasteiger partial charge in [0.05, 0.1) is 16.1 Å². The van der Waals surface area contributed by atoms with Crippen LogP contribution in [0.2, 0.25) is 0 Å². The Balaban J connectivity index is 0.00000225. The number of hydrogen-bond acceptors (Lipinski definition) is 4. The lowest BCUT2D eigenvalue weighted by Crippen LogP contribution is -2.42. The molecule has 3 heterocycles. The fourth-order valence-electron chi connectivity index (χ4n) is 3.71. The number of carbonyl (C=O) groups is 1. The van der Waals surface area contributed by atoms with Crippen molar-refractivity contribution in [3.8, 4) is 16.3 Å². The summed E-state index contributed by atoms with van der Waals surface area (Å²) in [5.74, 6) is 0.600. The topological polar surface area (TPSA) is 50.2 Å². The molecular formula is C21H25ClN4OS. The molecule has 0 bridgehead atoms. The van der Waals surface area contributed by atoms with Crippen LogP contribution in [0.4, 0.5) is 0 Å². The fraction of sp³-hybridized carbons (Fsp3) is 0.333. The third kappa shape index (κ3) is 4.29. The van der Waals surface area contributed by atoms with Gasteiger partial charge in [-0.05, 0) is 55.9 Å². The number of aromatic nitrogens is 2. The molecule has 2 aromatic heterocycles. The zero-order chi connectivity index (χ0) is 18.6. The van der Waals surface area contributed by atoms with Crippen molar-refractivity contribution in [2.45, 2.75) is 12.8 Å². The van der Waals surface area contributed by atoms with Gasteiger partial charge in [0, 0.05) is 19.3 Å². The average Bonchev–Trinajstić information content (AvgIpc) is 3.38. The Morgan fingerprint density at radius 3 is 2.79 bits per heavy atom. The molecule has 5 nitrogen and oxygen atoms in total. The molecule has 0 saturated carbocycles. The molecule has 148 valence electrons. The summed E-state index contributed by atoms with van der Waals surface area (Å²) in [4.78, 5) is 16.4. The summed E-state index contributed by atoms with van der Waals surface area (Å²) >= 11 is 1.61. The fourth-order valence-corrected chi connectivity index (χ4v) is 4.44. The van der Waals surface area contributed by atoms with E-state index in [0.717, 1.165) is 42.3 Å². The second-order valence-electron chi connectivity index (χ2n) is 6.97. The molecule has 1 saturated heterocycles. The number of nitrogens with zero attached hydrogens (tertiary/aromatic N) is 3. The van der Waals surface area contributed by atoms with E-state index >= 15 is 0 Å². The molecule has 1 unspecified atom stereocenters. The van der Waals surface area contributed by atoms with Crippen molar-refractivity contribution in [1.82, 2.24) is 20.0 Å². The van der Waals surface area contributed by atoms with Gasteiger partial charge in [-0.25, -0.2) is 4.68 Å². The van der Waals surface area contributed by atoms with Gasteiger partial charge in [-0.3, -0.25) is 4.79 Å². The summed E-state index contributed by atoms with van der Waals surface area (Å²) < 4.78 is 1.82. The van der Waals surface area contributed by atoms with Gasteiger partial charge in [0.15, 0.2) is 0 Å². The second-order valence-corrected chi connectivity index (χ2v) is 7.91. The quantitative estimate of drug-likeness (QED) is 0.681. The van der Waals surface area contributed by atoms with Crippen molar-refractivity contribution in [3.05, 3.63) is 59.6 Å². The van der Waals surface area contributed by atoms with Gasteiger partial charge in [-0.15, -0.1) is 23.7 Å². The predicted molar refractivity (Wildman–Crippen MR) is 117 cm³/mol. The lowest BCUT2D eigenvalue weighted by Gasteiger charge is -2.32. The van der Waals surface area contributed by atoms with Crippen LogP contribution in [0.15, 0.2) is 54.0 Å². The Kier molecular flexibility index (Phi) is 6.88. The van der Waals surface area contributed by atoms with Crippen molar-refractivity contribution in [2.24, 2.45) is 5.92 Å². The molecule has 1 fully saturated rings. The lowest BCUT2D eigenvalue weighted by atomic mass is 9.97. The molecule has 7 heteroatoms. The van der Waals surface area contributed by atoms with Crippen LogP contribution in [0.1, 0.15) is 23.2 Å². The SMILES string of the molecule is CNCC1CCCN(C(=O)c2cn(-c3ccccc3)nc2-c2cccs2)C1.Cl. The molecule has 1 amide bonds. The lowest BCUT2D eigenvalue weighted by molar-refractivity contribution is 0.0675. The Bertz CT molecular complexity index is 893. The number of piperidine rings is 1. The Morgan fingerprint density at radius 2 is 2.07 bits per heavy atom. The molecule has 3 aromatic rings. The zero-order valence-corrected chi connectivity index (χ0v) is 17.5. The number of carbonyl (C=O) groups excluding carboxylic acids is 1. The number of benzene rings is 1. The van der Waals surface area contributed by atoms with Gasteiger partial charge in [0.1, 0.15) is 5.69 Å². The summed E-state index contributed by atoms with van der Waals surface area (Å²) in [6, 6.07) is 14.0. The number of para-hydroxylation sites is 1. The highest BCUT2D eigenvalue weighted by Crippen LogP contribution is 2.29. The van der Waals surface area contributed by atoms with E-state index in [9.17, 15) is 4.79 Å². The van der Waals surface area contributed by atoms with Crippen LogP contribution in [0, 0.1) is 5.92 Å². The maximum atomic E-state index is 13.4. The summed E-state index contributed by atoms with van der Waals surface area (Å²) in [5.41, 5.74) is 2.42. The van der Waals surface area contributed by atoms with Crippen molar-refractivity contribution >= 4 is 29.7 Å². The number of nitrogens with one attached hydrogen (secondary N) is 1. The first-order chi connectivity index (χ1) is 13.3. The van der Waals surface area contributed by atoms with E-state index in [-0.39, 0.29) is 18.3 Å². The number of rotatable bonds is 5. The molecule has 1 aromatic carbocycles. The molecular weight excluding hydrogens is 392 g/mol. The van der Waals surface area contributed by atoms with Crippen molar-refractivity contribution in [3.63, 3.8) is 0 Å².